The topological polar surface area (TPSA) is 125 Å². The first-order valence-electron chi connectivity index (χ1n) is 12.4. The number of amides is 1. The van der Waals surface area contributed by atoms with Crippen LogP contribution in [0.4, 0.5) is 10.1 Å². The molecule has 0 saturated carbocycles. The number of aromatic amines is 2. The van der Waals surface area contributed by atoms with Gasteiger partial charge in [-0.2, -0.15) is 5.10 Å². The molecule has 40 heavy (non-hydrogen) atoms. The summed E-state index contributed by atoms with van der Waals surface area (Å²) in [5.74, 6) is -0.0232. The van der Waals surface area contributed by atoms with E-state index in [1.54, 1.807) is 49.2 Å². The summed E-state index contributed by atoms with van der Waals surface area (Å²) in [4.78, 5) is 33.9. The fourth-order valence-corrected chi connectivity index (χ4v) is 4.61. The summed E-state index contributed by atoms with van der Waals surface area (Å²) in [6.45, 7) is 0. The lowest BCUT2D eigenvalue weighted by Gasteiger charge is -2.07. The number of imidazole rings is 1. The molecular weight excluding hydrogens is 507 g/mol. The number of nitrogens with one attached hydrogen (secondary N) is 3. The molecule has 9 nitrogen and oxygen atoms in total. The largest absolute Gasteiger partial charge is 0.335 e. The molecule has 0 radical (unpaired) electrons. The molecule has 0 unspecified atom stereocenters. The number of H-pyrrole nitrogens is 2. The second kappa shape index (κ2) is 9.52. The predicted molar refractivity (Wildman–Crippen MR) is 150 cm³/mol. The maximum absolute atomic E-state index is 13.9. The first-order chi connectivity index (χ1) is 19.6. The Balaban J connectivity index is 1.25. The van der Waals surface area contributed by atoms with Crippen LogP contribution in [-0.2, 0) is 0 Å². The van der Waals surface area contributed by atoms with Crippen LogP contribution in [0.25, 0.3) is 55.8 Å². The molecule has 192 valence electrons. The summed E-state index contributed by atoms with van der Waals surface area (Å²) in [5, 5.41) is 11.2. The molecule has 0 saturated heterocycles. The minimum atomic E-state index is -0.332. The smallest absolute Gasteiger partial charge is 0.255 e. The van der Waals surface area contributed by atoms with E-state index < -0.39 is 0 Å². The maximum Gasteiger partial charge on any atom is 0.255 e. The van der Waals surface area contributed by atoms with Crippen molar-refractivity contribution in [3.05, 3.63) is 109 Å². The Morgan fingerprint density at radius 1 is 0.825 bits per heavy atom. The summed E-state index contributed by atoms with van der Waals surface area (Å²) in [7, 11) is 0. The number of anilines is 1. The molecule has 0 aliphatic rings. The number of rotatable bonds is 5. The van der Waals surface area contributed by atoms with Crippen molar-refractivity contribution in [1.29, 1.82) is 0 Å². The highest BCUT2D eigenvalue weighted by atomic mass is 19.1. The zero-order valence-electron chi connectivity index (χ0n) is 20.8. The van der Waals surface area contributed by atoms with Gasteiger partial charge >= 0.3 is 0 Å². The molecule has 5 heterocycles. The number of nitrogens with zero attached hydrogens (tertiary/aromatic N) is 5. The zero-order valence-corrected chi connectivity index (χ0v) is 20.8. The molecule has 10 heteroatoms. The van der Waals surface area contributed by atoms with Gasteiger partial charge in [0.1, 0.15) is 11.5 Å². The monoisotopic (exact) mass is 526 g/mol. The van der Waals surface area contributed by atoms with Gasteiger partial charge in [-0.1, -0.05) is 30.3 Å². The van der Waals surface area contributed by atoms with E-state index in [1.807, 2.05) is 36.4 Å². The summed E-state index contributed by atoms with van der Waals surface area (Å²) in [6, 6.07) is 19.0. The minimum absolute atomic E-state index is 0.225. The highest BCUT2D eigenvalue weighted by Crippen LogP contribution is 2.32. The van der Waals surface area contributed by atoms with Gasteiger partial charge in [-0.3, -0.25) is 24.8 Å². The first-order valence-corrected chi connectivity index (χ1v) is 12.4. The number of carbonyl (C=O) groups excluding carboxylic acids is 1. The third kappa shape index (κ3) is 4.23. The van der Waals surface area contributed by atoms with Crippen molar-refractivity contribution >= 4 is 33.5 Å². The molecule has 0 aliphatic carbocycles. The van der Waals surface area contributed by atoms with Crippen LogP contribution in [0, 0.1) is 5.82 Å². The molecule has 2 aromatic carbocycles. The van der Waals surface area contributed by atoms with E-state index in [-0.39, 0.29) is 11.7 Å². The third-order valence-electron chi connectivity index (χ3n) is 6.53. The Morgan fingerprint density at radius 3 is 2.58 bits per heavy atom. The number of pyridine rings is 3. The lowest BCUT2D eigenvalue weighted by atomic mass is 10.1. The van der Waals surface area contributed by atoms with Crippen molar-refractivity contribution in [2.45, 2.75) is 0 Å². The van der Waals surface area contributed by atoms with E-state index in [0.29, 0.717) is 50.6 Å². The molecule has 3 N–H and O–H groups in total. The van der Waals surface area contributed by atoms with E-state index in [0.717, 1.165) is 16.5 Å². The van der Waals surface area contributed by atoms with Crippen LogP contribution in [0.3, 0.4) is 0 Å². The van der Waals surface area contributed by atoms with Crippen LogP contribution in [0.1, 0.15) is 10.4 Å². The number of aromatic nitrogens is 7. The predicted octanol–water partition coefficient (Wildman–Crippen LogP) is 6.02. The lowest BCUT2D eigenvalue weighted by Crippen LogP contribution is -2.11. The van der Waals surface area contributed by atoms with Crippen molar-refractivity contribution in [3.8, 4) is 33.9 Å². The van der Waals surface area contributed by atoms with Crippen LogP contribution in [0.5, 0.6) is 0 Å². The molecule has 7 rings (SSSR count). The van der Waals surface area contributed by atoms with Gasteiger partial charge < -0.3 is 10.3 Å². The summed E-state index contributed by atoms with van der Waals surface area (Å²) < 4.78 is 13.9. The van der Waals surface area contributed by atoms with Gasteiger partial charge in [-0.05, 0) is 42.0 Å². The van der Waals surface area contributed by atoms with Crippen molar-refractivity contribution < 1.29 is 9.18 Å². The Kier molecular flexibility index (Phi) is 5.56. The fraction of sp³-hybridized carbons (Fsp3) is 0. The summed E-state index contributed by atoms with van der Waals surface area (Å²) in [6.07, 6.45) is 8.31. The molecule has 7 aromatic rings. The van der Waals surface area contributed by atoms with Crippen LogP contribution in [0.2, 0.25) is 0 Å². The quantitative estimate of drug-likeness (QED) is 0.252. The van der Waals surface area contributed by atoms with E-state index in [9.17, 15) is 9.18 Å². The molecule has 1 amide bonds. The molecule has 5 aromatic heterocycles. The van der Waals surface area contributed by atoms with Gasteiger partial charge in [0.15, 0.2) is 5.82 Å². The fourth-order valence-electron chi connectivity index (χ4n) is 4.61. The van der Waals surface area contributed by atoms with Crippen molar-refractivity contribution in [1.82, 2.24) is 35.1 Å². The van der Waals surface area contributed by atoms with Crippen LogP contribution >= 0.6 is 0 Å². The van der Waals surface area contributed by atoms with Crippen LogP contribution in [0.15, 0.2) is 97.7 Å². The standard InChI is InChI=1S/C30H19FN8O/c31-20-8-4-7-18(9-20)23-14-33-15-26-27(23)37-29(36-26)28-22-11-24(34-16-25(22)38-39-28)19-10-21(13-32-12-19)35-30(40)17-5-2-1-3-6-17/h1-16H,(H,35,40)(H,36,37)(H,38,39). The number of fused-ring (bicyclic) bond motifs is 2. The Morgan fingerprint density at radius 2 is 1.70 bits per heavy atom. The molecule has 0 spiro atoms. The summed E-state index contributed by atoms with van der Waals surface area (Å²) >= 11 is 0. The van der Waals surface area contributed by atoms with Gasteiger partial charge in [0.2, 0.25) is 0 Å². The normalized spacial score (nSPS) is 11.2. The maximum atomic E-state index is 13.9. The average molecular weight is 527 g/mol. The molecule has 0 atom stereocenters. The molecule has 0 bridgehead atoms. The second-order valence-electron chi connectivity index (χ2n) is 9.15. The highest BCUT2D eigenvalue weighted by molar-refractivity contribution is 6.04. The number of benzene rings is 2. The van der Waals surface area contributed by atoms with E-state index >= 15 is 0 Å². The molecular formula is C30H19FN8O. The average Bonchev–Trinajstić information content (AvgIpc) is 3.61. The number of hydrogen-bond donors (Lipinski definition) is 3. The summed E-state index contributed by atoms with van der Waals surface area (Å²) in [5.41, 5.74) is 6.56. The molecule has 0 aliphatic heterocycles. The molecule has 0 fully saturated rings. The Bertz CT molecular complexity index is 2030. The first kappa shape index (κ1) is 23.4. The Labute approximate surface area is 226 Å². The zero-order chi connectivity index (χ0) is 27.1. The Hall–Kier alpha value is -5.77. The van der Waals surface area contributed by atoms with Crippen LogP contribution < -0.4 is 5.32 Å². The number of halogens is 1. The lowest BCUT2D eigenvalue weighted by molar-refractivity contribution is 0.102. The van der Waals surface area contributed by atoms with Gasteiger partial charge in [0.05, 0.1) is 46.5 Å². The van der Waals surface area contributed by atoms with Crippen molar-refractivity contribution in [2.24, 2.45) is 0 Å². The number of carbonyl (C=O) groups is 1. The van der Waals surface area contributed by atoms with E-state index in [1.165, 1.54) is 12.1 Å². The van der Waals surface area contributed by atoms with Crippen molar-refractivity contribution in [2.75, 3.05) is 5.32 Å². The van der Waals surface area contributed by atoms with Gasteiger partial charge in [0, 0.05) is 34.5 Å². The second-order valence-corrected chi connectivity index (χ2v) is 9.15. The SMILES string of the molecule is O=C(Nc1cncc(-c2cc3c(-c4nc5c(-c6cccc(F)c6)cncc5[nH]4)n[nH]c3cn2)c1)c1ccccc1. The van der Waals surface area contributed by atoms with E-state index in [4.69, 9.17) is 4.98 Å². The highest BCUT2D eigenvalue weighted by Gasteiger charge is 2.17. The van der Waals surface area contributed by atoms with Gasteiger partial charge in [-0.15, -0.1) is 0 Å². The van der Waals surface area contributed by atoms with Gasteiger partial charge in [-0.25, -0.2) is 9.37 Å². The minimum Gasteiger partial charge on any atom is -0.335 e. The number of hydrogen-bond acceptors (Lipinski definition) is 6. The third-order valence-corrected chi connectivity index (χ3v) is 6.53. The van der Waals surface area contributed by atoms with Gasteiger partial charge in [0.25, 0.3) is 5.91 Å². The van der Waals surface area contributed by atoms with Crippen LogP contribution in [-0.4, -0.2) is 41.0 Å². The van der Waals surface area contributed by atoms with E-state index in [2.05, 4.69) is 35.5 Å². The van der Waals surface area contributed by atoms with Crippen molar-refractivity contribution in [3.63, 3.8) is 0 Å².